The van der Waals surface area contributed by atoms with Gasteiger partial charge in [-0.05, 0) is 12.5 Å². The van der Waals surface area contributed by atoms with Gasteiger partial charge in [0, 0.05) is 35.1 Å². The Bertz CT molecular complexity index is 913. The van der Waals surface area contributed by atoms with E-state index in [-0.39, 0.29) is 11.5 Å². The van der Waals surface area contributed by atoms with E-state index >= 15 is 0 Å². The van der Waals surface area contributed by atoms with Crippen LogP contribution in [0.3, 0.4) is 0 Å². The Labute approximate surface area is 137 Å². The second kappa shape index (κ2) is 6.34. The first-order valence-corrected chi connectivity index (χ1v) is 8.21. The summed E-state index contributed by atoms with van der Waals surface area (Å²) in [6.07, 6.45) is 2.79. The third-order valence-electron chi connectivity index (χ3n) is 3.65. The molecule has 6 heteroatoms. The van der Waals surface area contributed by atoms with Crippen LogP contribution in [0.15, 0.2) is 41.3 Å². The molecule has 1 amide bonds. The number of benzene rings is 1. The fourth-order valence-corrected chi connectivity index (χ4v) is 3.36. The monoisotopic (exact) mass is 327 g/mol. The fourth-order valence-electron chi connectivity index (χ4n) is 2.45. The predicted octanol–water partition coefficient (Wildman–Crippen LogP) is 2.82. The van der Waals surface area contributed by atoms with Crippen LogP contribution < -0.4 is 5.56 Å². The molecule has 118 valence electrons. The number of carbonyl (C=O) groups excluding carboxylic acids is 1. The number of fused-ring (bicyclic) bond motifs is 1. The Morgan fingerprint density at radius 1 is 1.35 bits per heavy atom. The van der Waals surface area contributed by atoms with Crippen LogP contribution >= 0.6 is 11.3 Å². The van der Waals surface area contributed by atoms with Crippen LogP contribution in [-0.4, -0.2) is 27.8 Å². The number of nitrogens with one attached hydrogen (secondary N) is 1. The summed E-state index contributed by atoms with van der Waals surface area (Å²) in [5, 5.41) is 1.64. The zero-order valence-corrected chi connectivity index (χ0v) is 13.8. The highest BCUT2D eigenvalue weighted by molar-refractivity contribution is 7.11. The number of nitrogens with zero attached hydrogens (tertiary/aromatic N) is 2. The molecule has 0 radical (unpaired) electrons. The molecule has 2 heterocycles. The molecule has 1 aromatic carbocycles. The lowest BCUT2D eigenvalue weighted by Gasteiger charge is -2.16. The lowest BCUT2D eigenvalue weighted by molar-refractivity contribution is 0.0786. The van der Waals surface area contributed by atoms with Crippen LogP contribution in [0, 0.1) is 0 Å². The van der Waals surface area contributed by atoms with Gasteiger partial charge in [0.2, 0.25) is 5.56 Å². The Morgan fingerprint density at radius 2 is 2.13 bits per heavy atom. The van der Waals surface area contributed by atoms with Gasteiger partial charge in [0.05, 0.1) is 12.1 Å². The third-order valence-corrected chi connectivity index (χ3v) is 4.78. The van der Waals surface area contributed by atoms with E-state index in [1.165, 1.54) is 10.9 Å². The summed E-state index contributed by atoms with van der Waals surface area (Å²) in [5.41, 5.74) is 0.807. The number of amides is 1. The van der Waals surface area contributed by atoms with Gasteiger partial charge in [-0.25, -0.2) is 4.98 Å². The maximum absolute atomic E-state index is 12.7. The summed E-state index contributed by atoms with van der Waals surface area (Å²) in [5.74, 6) is -0.180. The molecule has 0 aliphatic rings. The lowest BCUT2D eigenvalue weighted by Crippen LogP contribution is -2.27. The van der Waals surface area contributed by atoms with Crippen LogP contribution in [0.5, 0.6) is 0 Å². The first kappa shape index (κ1) is 15.4. The molecule has 0 bridgehead atoms. The first-order chi connectivity index (χ1) is 11.1. The zero-order chi connectivity index (χ0) is 16.4. The van der Waals surface area contributed by atoms with Gasteiger partial charge in [0.15, 0.2) is 0 Å². The predicted molar refractivity (Wildman–Crippen MR) is 91.9 cm³/mol. The van der Waals surface area contributed by atoms with Crippen molar-refractivity contribution >= 4 is 28.1 Å². The van der Waals surface area contributed by atoms with Crippen molar-refractivity contribution in [1.29, 1.82) is 0 Å². The van der Waals surface area contributed by atoms with Crippen LogP contribution in [0.2, 0.25) is 0 Å². The molecule has 0 saturated carbocycles. The number of carbonyl (C=O) groups is 1. The van der Waals surface area contributed by atoms with Crippen molar-refractivity contribution in [3.8, 4) is 0 Å². The molecule has 0 aliphatic heterocycles. The number of aromatic amines is 1. The minimum absolute atomic E-state index is 0.180. The summed E-state index contributed by atoms with van der Waals surface area (Å²) < 4.78 is 0. The Kier molecular flexibility index (Phi) is 4.25. The minimum atomic E-state index is -0.275. The van der Waals surface area contributed by atoms with Gasteiger partial charge in [-0.2, -0.15) is 0 Å². The SMILES string of the molecule is CCc1cnc(CN(C)C(=O)c2cc(=O)[nH]c3ccccc23)s1. The minimum Gasteiger partial charge on any atom is -0.335 e. The number of thiazole rings is 1. The van der Waals surface area contributed by atoms with E-state index in [0.717, 1.165) is 16.8 Å². The summed E-state index contributed by atoms with van der Waals surface area (Å²) in [7, 11) is 1.73. The van der Waals surface area contributed by atoms with E-state index < -0.39 is 0 Å². The number of para-hydroxylation sites is 1. The Hall–Kier alpha value is -2.47. The number of H-pyrrole nitrogens is 1. The molecule has 1 N–H and O–H groups in total. The van der Waals surface area contributed by atoms with Gasteiger partial charge < -0.3 is 9.88 Å². The lowest BCUT2D eigenvalue weighted by atomic mass is 10.1. The fraction of sp³-hybridized carbons (Fsp3) is 0.235. The molecule has 0 fully saturated rings. The van der Waals surface area contributed by atoms with Crippen molar-refractivity contribution in [2.75, 3.05) is 7.05 Å². The van der Waals surface area contributed by atoms with Crippen LogP contribution in [0.4, 0.5) is 0 Å². The van der Waals surface area contributed by atoms with Gasteiger partial charge in [0.1, 0.15) is 5.01 Å². The third kappa shape index (κ3) is 3.17. The van der Waals surface area contributed by atoms with Gasteiger partial charge >= 0.3 is 0 Å². The summed E-state index contributed by atoms with van der Waals surface area (Å²) in [6, 6.07) is 8.68. The van der Waals surface area contributed by atoms with Crippen LogP contribution in [0.1, 0.15) is 27.2 Å². The van der Waals surface area contributed by atoms with Crippen LogP contribution in [-0.2, 0) is 13.0 Å². The molecule has 0 spiro atoms. The molecule has 2 aromatic heterocycles. The summed E-state index contributed by atoms with van der Waals surface area (Å²) in [6.45, 7) is 2.51. The van der Waals surface area contributed by atoms with Crippen molar-refractivity contribution in [2.45, 2.75) is 19.9 Å². The molecule has 0 aliphatic carbocycles. The topological polar surface area (TPSA) is 66.1 Å². The number of aromatic nitrogens is 2. The van der Waals surface area contributed by atoms with Crippen LogP contribution in [0.25, 0.3) is 10.9 Å². The molecule has 5 nitrogen and oxygen atoms in total. The van der Waals surface area contributed by atoms with Crippen molar-refractivity contribution in [1.82, 2.24) is 14.9 Å². The average molecular weight is 327 g/mol. The molecule has 0 atom stereocenters. The van der Waals surface area contributed by atoms with Gasteiger partial charge in [0.25, 0.3) is 5.91 Å². The van der Waals surface area contributed by atoms with Gasteiger partial charge in [-0.1, -0.05) is 25.1 Å². The Morgan fingerprint density at radius 3 is 2.87 bits per heavy atom. The maximum atomic E-state index is 12.7. The van der Waals surface area contributed by atoms with E-state index in [4.69, 9.17) is 0 Å². The largest absolute Gasteiger partial charge is 0.335 e. The van der Waals surface area contributed by atoms with Crippen molar-refractivity contribution in [3.05, 3.63) is 62.3 Å². The summed E-state index contributed by atoms with van der Waals surface area (Å²) in [4.78, 5) is 34.4. The highest BCUT2D eigenvalue weighted by atomic mass is 32.1. The van der Waals surface area contributed by atoms with Crippen molar-refractivity contribution in [2.24, 2.45) is 0 Å². The summed E-state index contributed by atoms with van der Waals surface area (Å²) >= 11 is 1.61. The van der Waals surface area contributed by atoms with Gasteiger partial charge in [-0.15, -0.1) is 11.3 Å². The van der Waals surface area contributed by atoms with E-state index in [2.05, 4.69) is 16.9 Å². The van der Waals surface area contributed by atoms with E-state index in [0.29, 0.717) is 17.6 Å². The van der Waals surface area contributed by atoms with E-state index in [9.17, 15) is 9.59 Å². The Balaban J connectivity index is 1.91. The molecular weight excluding hydrogens is 310 g/mol. The zero-order valence-electron chi connectivity index (χ0n) is 13.0. The molecule has 0 saturated heterocycles. The number of hydrogen-bond donors (Lipinski definition) is 1. The molecular formula is C17H17N3O2S. The van der Waals surface area contributed by atoms with Crippen molar-refractivity contribution in [3.63, 3.8) is 0 Å². The van der Waals surface area contributed by atoms with E-state index in [1.54, 1.807) is 29.4 Å². The first-order valence-electron chi connectivity index (χ1n) is 7.39. The molecule has 0 unspecified atom stereocenters. The molecule has 3 rings (SSSR count). The number of hydrogen-bond acceptors (Lipinski definition) is 4. The highest BCUT2D eigenvalue weighted by Gasteiger charge is 2.17. The molecule has 23 heavy (non-hydrogen) atoms. The smallest absolute Gasteiger partial charge is 0.254 e. The number of rotatable bonds is 4. The standard InChI is InChI=1S/C17H17N3O2S/c1-3-11-9-18-16(23-11)10-20(2)17(22)13-8-15(21)19-14-7-5-4-6-12(13)14/h4-9H,3,10H2,1-2H3,(H,19,21). The normalized spacial score (nSPS) is 10.9. The second-order valence-corrected chi connectivity index (χ2v) is 6.53. The van der Waals surface area contributed by atoms with E-state index in [1.807, 2.05) is 24.4 Å². The molecule has 3 aromatic rings. The quantitative estimate of drug-likeness (QED) is 0.801. The van der Waals surface area contributed by atoms with Crippen molar-refractivity contribution < 1.29 is 4.79 Å². The second-order valence-electron chi connectivity index (χ2n) is 5.33. The van der Waals surface area contributed by atoms with Gasteiger partial charge in [-0.3, -0.25) is 9.59 Å². The maximum Gasteiger partial charge on any atom is 0.254 e. The number of pyridine rings is 1. The average Bonchev–Trinajstić information content (AvgIpc) is 3.00. The highest BCUT2D eigenvalue weighted by Crippen LogP contribution is 2.19. The number of aryl methyl sites for hydroxylation is 1.